The van der Waals surface area contributed by atoms with Crippen molar-refractivity contribution in [3.8, 4) is 0 Å². The second kappa shape index (κ2) is 7.61. The molecule has 0 atom stereocenters. The fourth-order valence-corrected chi connectivity index (χ4v) is 2.74. The van der Waals surface area contributed by atoms with Gasteiger partial charge in [-0.2, -0.15) is 0 Å². The third kappa shape index (κ3) is 4.34. The minimum atomic E-state index is -0.540. The summed E-state index contributed by atoms with van der Waals surface area (Å²) in [5, 5.41) is 3.39. The van der Waals surface area contributed by atoms with Crippen LogP contribution in [-0.4, -0.2) is 18.5 Å². The number of nitrogens with one attached hydrogen (secondary N) is 1. The van der Waals surface area contributed by atoms with E-state index in [0.29, 0.717) is 22.4 Å². The summed E-state index contributed by atoms with van der Waals surface area (Å²) in [5.41, 5.74) is 4.69. The van der Waals surface area contributed by atoms with E-state index in [1.54, 1.807) is 13.0 Å². The van der Waals surface area contributed by atoms with Crippen molar-refractivity contribution in [3.63, 3.8) is 0 Å². The van der Waals surface area contributed by atoms with Crippen molar-refractivity contribution in [2.75, 3.05) is 11.9 Å². The Hall–Kier alpha value is -3.15. The second-order valence-corrected chi connectivity index (χ2v) is 6.54. The fraction of sp³-hybridized carbons (Fsp3) is 0.238. The molecular formula is C21H20FNO4. The lowest BCUT2D eigenvalue weighted by Gasteiger charge is -2.09. The van der Waals surface area contributed by atoms with Crippen molar-refractivity contribution in [3.05, 3.63) is 64.7 Å². The predicted molar refractivity (Wildman–Crippen MR) is 100 cm³/mol. The first-order valence-electron chi connectivity index (χ1n) is 8.52. The normalized spacial score (nSPS) is 10.8. The zero-order chi connectivity index (χ0) is 19.6. The molecule has 3 aromatic rings. The molecule has 0 aliphatic rings. The summed E-state index contributed by atoms with van der Waals surface area (Å²) in [6, 6.07) is 7.98. The highest BCUT2D eigenvalue weighted by Crippen LogP contribution is 2.25. The van der Waals surface area contributed by atoms with Crippen LogP contribution in [0.15, 0.2) is 41.0 Å². The Morgan fingerprint density at radius 1 is 1.07 bits per heavy atom. The minimum absolute atomic E-state index is 0.00176. The highest BCUT2D eigenvalue weighted by molar-refractivity contribution is 5.94. The average molecular weight is 369 g/mol. The molecule has 1 N–H and O–H groups in total. The lowest BCUT2D eigenvalue weighted by molar-refractivity contribution is -0.146. The van der Waals surface area contributed by atoms with Crippen molar-refractivity contribution in [2.24, 2.45) is 0 Å². The van der Waals surface area contributed by atoms with E-state index >= 15 is 0 Å². The molecule has 0 saturated heterocycles. The van der Waals surface area contributed by atoms with E-state index in [1.165, 1.54) is 18.4 Å². The van der Waals surface area contributed by atoms with Gasteiger partial charge in [0.2, 0.25) is 0 Å². The van der Waals surface area contributed by atoms with Crippen LogP contribution in [0.2, 0.25) is 0 Å². The molecule has 0 bridgehead atoms. The fourth-order valence-electron chi connectivity index (χ4n) is 2.74. The van der Waals surface area contributed by atoms with Gasteiger partial charge < -0.3 is 14.5 Å². The largest absolute Gasteiger partial charge is 0.464 e. The molecule has 0 aliphatic carbocycles. The van der Waals surface area contributed by atoms with Gasteiger partial charge in [0.15, 0.2) is 6.61 Å². The highest BCUT2D eigenvalue weighted by Gasteiger charge is 2.14. The topological polar surface area (TPSA) is 68.5 Å². The first-order chi connectivity index (χ1) is 12.8. The first kappa shape index (κ1) is 18.6. The maximum atomic E-state index is 13.3. The molecule has 0 saturated carbocycles. The van der Waals surface area contributed by atoms with Crippen molar-refractivity contribution < 1.29 is 23.1 Å². The van der Waals surface area contributed by atoms with Gasteiger partial charge in [-0.05, 0) is 61.7 Å². The van der Waals surface area contributed by atoms with Gasteiger partial charge in [-0.25, -0.2) is 4.39 Å². The van der Waals surface area contributed by atoms with Crippen LogP contribution >= 0.6 is 0 Å². The minimum Gasteiger partial charge on any atom is -0.464 e. The predicted octanol–water partition coefficient (Wildman–Crippen LogP) is 4.22. The van der Waals surface area contributed by atoms with Gasteiger partial charge in [-0.3, -0.25) is 9.59 Å². The molecule has 3 rings (SSSR count). The van der Waals surface area contributed by atoms with Crippen LogP contribution in [0.5, 0.6) is 0 Å². The van der Waals surface area contributed by atoms with Gasteiger partial charge in [0.1, 0.15) is 11.4 Å². The maximum Gasteiger partial charge on any atom is 0.310 e. The molecule has 2 aromatic carbocycles. The molecule has 5 nitrogen and oxygen atoms in total. The first-order valence-corrected chi connectivity index (χ1v) is 8.52. The van der Waals surface area contributed by atoms with Crippen molar-refractivity contribution in [2.45, 2.75) is 27.2 Å². The number of benzene rings is 2. The molecule has 140 valence electrons. The monoisotopic (exact) mass is 369 g/mol. The van der Waals surface area contributed by atoms with Crippen LogP contribution in [0.4, 0.5) is 10.1 Å². The molecule has 0 unspecified atom stereocenters. The smallest absolute Gasteiger partial charge is 0.310 e. The summed E-state index contributed by atoms with van der Waals surface area (Å²) in [6.07, 6.45) is 1.53. The van der Waals surface area contributed by atoms with Crippen LogP contribution in [0, 0.1) is 26.6 Å². The number of carbonyl (C=O) groups excluding carboxylic acids is 2. The molecule has 27 heavy (non-hydrogen) atoms. The van der Waals surface area contributed by atoms with Gasteiger partial charge in [0.25, 0.3) is 5.91 Å². The number of aryl methyl sites for hydroxylation is 3. The zero-order valence-electron chi connectivity index (χ0n) is 15.4. The Labute approximate surface area is 156 Å². The number of esters is 1. The number of amides is 1. The van der Waals surface area contributed by atoms with E-state index in [2.05, 4.69) is 5.32 Å². The number of carbonyl (C=O) groups is 2. The van der Waals surface area contributed by atoms with Gasteiger partial charge in [-0.15, -0.1) is 0 Å². The molecule has 1 heterocycles. The van der Waals surface area contributed by atoms with E-state index in [9.17, 15) is 14.0 Å². The summed E-state index contributed by atoms with van der Waals surface area (Å²) in [7, 11) is 0. The van der Waals surface area contributed by atoms with Crippen LogP contribution < -0.4 is 5.32 Å². The Morgan fingerprint density at radius 2 is 1.81 bits per heavy atom. The number of rotatable bonds is 5. The summed E-state index contributed by atoms with van der Waals surface area (Å²) >= 11 is 0. The van der Waals surface area contributed by atoms with Gasteiger partial charge in [0, 0.05) is 16.6 Å². The summed E-state index contributed by atoms with van der Waals surface area (Å²) in [4.78, 5) is 24.0. The molecule has 0 aliphatic heterocycles. The van der Waals surface area contributed by atoms with Gasteiger partial charge in [0.05, 0.1) is 12.7 Å². The third-order valence-electron chi connectivity index (χ3n) is 4.44. The molecule has 1 amide bonds. The van der Waals surface area contributed by atoms with Gasteiger partial charge in [-0.1, -0.05) is 6.07 Å². The quantitative estimate of drug-likeness (QED) is 0.684. The van der Waals surface area contributed by atoms with E-state index in [4.69, 9.17) is 9.15 Å². The van der Waals surface area contributed by atoms with Gasteiger partial charge >= 0.3 is 5.97 Å². The zero-order valence-corrected chi connectivity index (χ0v) is 15.4. The lowest BCUT2D eigenvalue weighted by atomic mass is 10.0. The number of ether oxygens (including phenoxy) is 1. The Kier molecular flexibility index (Phi) is 5.26. The third-order valence-corrected chi connectivity index (χ3v) is 4.44. The van der Waals surface area contributed by atoms with Crippen LogP contribution in [0.1, 0.15) is 22.3 Å². The van der Waals surface area contributed by atoms with Crippen LogP contribution in [-0.2, 0) is 20.7 Å². The number of furan rings is 1. The van der Waals surface area contributed by atoms with Crippen molar-refractivity contribution in [1.82, 2.24) is 0 Å². The van der Waals surface area contributed by atoms with Crippen molar-refractivity contribution >= 4 is 28.5 Å². The number of hydrogen-bond acceptors (Lipinski definition) is 4. The molecule has 0 radical (unpaired) electrons. The second-order valence-electron chi connectivity index (χ2n) is 6.54. The summed E-state index contributed by atoms with van der Waals surface area (Å²) in [6.45, 7) is 5.28. The number of fused-ring (bicyclic) bond motifs is 1. The molecule has 0 spiro atoms. The van der Waals surface area contributed by atoms with E-state index in [1.807, 2.05) is 26.0 Å². The Morgan fingerprint density at radius 3 is 2.59 bits per heavy atom. The Balaban J connectivity index is 1.59. The maximum absolute atomic E-state index is 13.3. The number of hydrogen-bond donors (Lipinski definition) is 1. The van der Waals surface area contributed by atoms with Crippen LogP contribution in [0.25, 0.3) is 11.0 Å². The summed E-state index contributed by atoms with van der Waals surface area (Å²) < 4.78 is 23.8. The molecule has 0 fully saturated rings. The SMILES string of the molecule is Cc1cc2occ(CC(=O)OCC(=O)Nc3cc(F)ccc3C)c2cc1C. The Bertz CT molecular complexity index is 1020. The number of halogens is 1. The van der Waals surface area contributed by atoms with E-state index in [-0.39, 0.29) is 6.42 Å². The van der Waals surface area contributed by atoms with E-state index in [0.717, 1.165) is 16.5 Å². The molecular weight excluding hydrogens is 349 g/mol. The number of anilines is 1. The van der Waals surface area contributed by atoms with Crippen LogP contribution in [0.3, 0.4) is 0 Å². The summed E-state index contributed by atoms with van der Waals surface area (Å²) in [5.74, 6) is -1.52. The standard InChI is InChI=1S/C21H20FNO4/c1-12-4-5-16(22)9-18(12)23-20(24)11-27-21(25)8-15-10-26-19-7-14(3)13(2)6-17(15)19/h4-7,9-10H,8,11H2,1-3H3,(H,23,24). The lowest BCUT2D eigenvalue weighted by Crippen LogP contribution is -2.22. The van der Waals surface area contributed by atoms with Crippen molar-refractivity contribution in [1.29, 1.82) is 0 Å². The molecule has 6 heteroatoms. The van der Waals surface area contributed by atoms with E-state index < -0.39 is 24.3 Å². The average Bonchev–Trinajstić information content (AvgIpc) is 2.98. The molecule has 1 aromatic heterocycles. The highest BCUT2D eigenvalue weighted by atomic mass is 19.1.